The Hall–Kier alpha value is -2.91. The molecule has 0 bridgehead atoms. The molecule has 0 heterocycles. The van der Waals surface area contributed by atoms with E-state index in [-0.39, 0.29) is 17.4 Å². The molecule has 144 valence electrons. The summed E-state index contributed by atoms with van der Waals surface area (Å²) in [5, 5.41) is 5.21. The van der Waals surface area contributed by atoms with Gasteiger partial charge in [-0.25, -0.2) is 13.1 Å². The first-order valence-corrected chi connectivity index (χ1v) is 9.54. The van der Waals surface area contributed by atoms with Crippen LogP contribution in [-0.2, 0) is 19.6 Å². The fourth-order valence-corrected chi connectivity index (χ4v) is 3.30. The van der Waals surface area contributed by atoms with Crippen LogP contribution in [0.3, 0.4) is 0 Å². The van der Waals surface area contributed by atoms with Gasteiger partial charge in [-0.05, 0) is 43.8 Å². The number of carbonyl (C=O) groups is 2. The Morgan fingerprint density at radius 2 is 1.78 bits per heavy atom. The Morgan fingerprint density at radius 3 is 2.44 bits per heavy atom. The van der Waals surface area contributed by atoms with E-state index in [0.29, 0.717) is 22.7 Å². The van der Waals surface area contributed by atoms with E-state index in [0.717, 1.165) is 0 Å². The van der Waals surface area contributed by atoms with Crippen molar-refractivity contribution in [1.82, 2.24) is 4.72 Å². The number of rotatable bonds is 7. The second-order valence-electron chi connectivity index (χ2n) is 5.70. The molecule has 0 saturated carbocycles. The Balaban J connectivity index is 2.07. The number of ether oxygens (including phenoxy) is 1. The van der Waals surface area contributed by atoms with Gasteiger partial charge < -0.3 is 15.4 Å². The van der Waals surface area contributed by atoms with Crippen molar-refractivity contribution in [3.05, 3.63) is 48.0 Å². The molecule has 2 rings (SSSR count). The van der Waals surface area contributed by atoms with Crippen molar-refractivity contribution >= 4 is 33.2 Å². The topological polar surface area (TPSA) is 114 Å². The average molecular weight is 391 g/mol. The first kappa shape index (κ1) is 20.4. The average Bonchev–Trinajstić information content (AvgIpc) is 2.62. The van der Waals surface area contributed by atoms with E-state index in [1.165, 1.54) is 20.0 Å². The molecule has 0 unspecified atom stereocenters. The Labute approximate surface area is 158 Å². The van der Waals surface area contributed by atoms with Crippen molar-refractivity contribution in [2.24, 2.45) is 0 Å². The van der Waals surface area contributed by atoms with Gasteiger partial charge in [0, 0.05) is 12.6 Å². The first-order valence-electron chi connectivity index (χ1n) is 8.06. The molecular formula is C18H21N3O5S. The van der Waals surface area contributed by atoms with E-state index < -0.39 is 15.9 Å². The number of hydrogen-bond donors (Lipinski definition) is 3. The maximum absolute atomic E-state index is 12.1. The standard InChI is InChI=1S/C18H21N3O5S/c1-12-8-9-14(10-17(12)27(24,25)19-3)21-18(23)11-26-16-7-5-4-6-15(16)20-13(2)22/h4-10,19H,11H2,1-3H3,(H,20,22)(H,21,23). The Bertz CT molecular complexity index is 957. The molecule has 0 aliphatic rings. The molecule has 2 amide bonds. The third-order valence-corrected chi connectivity index (χ3v) is 5.14. The van der Waals surface area contributed by atoms with Gasteiger partial charge in [0.25, 0.3) is 5.91 Å². The zero-order chi connectivity index (χ0) is 20.0. The molecule has 9 heteroatoms. The third-order valence-electron chi connectivity index (χ3n) is 3.59. The van der Waals surface area contributed by atoms with Crippen LogP contribution in [-0.4, -0.2) is 33.9 Å². The van der Waals surface area contributed by atoms with E-state index in [1.54, 1.807) is 43.3 Å². The summed E-state index contributed by atoms with van der Waals surface area (Å²) in [7, 11) is -2.31. The highest BCUT2D eigenvalue weighted by Crippen LogP contribution is 2.24. The highest BCUT2D eigenvalue weighted by atomic mass is 32.2. The zero-order valence-corrected chi connectivity index (χ0v) is 16.0. The minimum atomic E-state index is -3.63. The molecule has 3 N–H and O–H groups in total. The lowest BCUT2D eigenvalue weighted by Crippen LogP contribution is -2.22. The van der Waals surface area contributed by atoms with Crippen molar-refractivity contribution < 1.29 is 22.7 Å². The van der Waals surface area contributed by atoms with Crippen LogP contribution in [0.2, 0.25) is 0 Å². The summed E-state index contributed by atoms with van der Waals surface area (Å²) < 4.78 is 31.7. The molecule has 8 nitrogen and oxygen atoms in total. The molecule has 0 radical (unpaired) electrons. The zero-order valence-electron chi connectivity index (χ0n) is 15.2. The minimum absolute atomic E-state index is 0.0831. The van der Waals surface area contributed by atoms with Crippen LogP contribution in [0.4, 0.5) is 11.4 Å². The van der Waals surface area contributed by atoms with Crippen LogP contribution in [0.25, 0.3) is 0 Å². The van der Waals surface area contributed by atoms with Gasteiger partial charge in [0.15, 0.2) is 6.61 Å². The van der Waals surface area contributed by atoms with Crippen LogP contribution >= 0.6 is 0 Å². The molecule has 0 saturated heterocycles. The summed E-state index contributed by atoms with van der Waals surface area (Å²) >= 11 is 0. The van der Waals surface area contributed by atoms with E-state index >= 15 is 0 Å². The molecule has 0 aromatic heterocycles. The number of aryl methyl sites for hydroxylation is 1. The summed E-state index contributed by atoms with van der Waals surface area (Å²) in [5.74, 6) is -0.372. The number of nitrogens with one attached hydrogen (secondary N) is 3. The van der Waals surface area contributed by atoms with Crippen LogP contribution in [0, 0.1) is 6.92 Å². The monoisotopic (exact) mass is 391 g/mol. The highest BCUT2D eigenvalue weighted by Gasteiger charge is 2.16. The van der Waals surface area contributed by atoms with Gasteiger partial charge in [-0.2, -0.15) is 0 Å². The largest absolute Gasteiger partial charge is 0.482 e. The summed E-state index contributed by atoms with van der Waals surface area (Å²) in [4.78, 5) is 23.4. The fraction of sp³-hybridized carbons (Fsp3) is 0.222. The maximum atomic E-state index is 12.1. The predicted octanol–water partition coefficient (Wildman–Crippen LogP) is 1.88. The molecule has 2 aromatic carbocycles. The quantitative estimate of drug-likeness (QED) is 0.667. The van der Waals surface area contributed by atoms with Crippen LogP contribution in [0.15, 0.2) is 47.4 Å². The summed E-state index contributed by atoms with van der Waals surface area (Å²) in [6, 6.07) is 11.3. The number of para-hydroxylation sites is 2. The van der Waals surface area contributed by atoms with Crippen molar-refractivity contribution in [3.63, 3.8) is 0 Å². The number of benzene rings is 2. The van der Waals surface area contributed by atoms with Gasteiger partial charge in [0.2, 0.25) is 15.9 Å². The lowest BCUT2D eigenvalue weighted by atomic mass is 10.2. The third kappa shape index (κ3) is 5.53. The maximum Gasteiger partial charge on any atom is 0.262 e. The number of carbonyl (C=O) groups excluding carboxylic acids is 2. The van der Waals surface area contributed by atoms with Crippen molar-refractivity contribution in [2.45, 2.75) is 18.7 Å². The van der Waals surface area contributed by atoms with Gasteiger partial charge in [-0.15, -0.1) is 0 Å². The molecule has 0 fully saturated rings. The van der Waals surface area contributed by atoms with Crippen molar-refractivity contribution in [3.8, 4) is 5.75 Å². The molecule has 27 heavy (non-hydrogen) atoms. The van der Waals surface area contributed by atoms with E-state index in [9.17, 15) is 18.0 Å². The molecule has 0 spiro atoms. The lowest BCUT2D eigenvalue weighted by molar-refractivity contribution is -0.118. The smallest absolute Gasteiger partial charge is 0.262 e. The minimum Gasteiger partial charge on any atom is -0.482 e. The van der Waals surface area contributed by atoms with Gasteiger partial charge in [0.05, 0.1) is 10.6 Å². The molecule has 0 atom stereocenters. The predicted molar refractivity (Wildman–Crippen MR) is 102 cm³/mol. The SMILES string of the molecule is CNS(=O)(=O)c1cc(NC(=O)COc2ccccc2NC(C)=O)ccc1C. The molecule has 2 aromatic rings. The number of hydrogen-bond acceptors (Lipinski definition) is 5. The first-order chi connectivity index (χ1) is 12.7. The molecule has 0 aliphatic heterocycles. The molecule has 0 aliphatic carbocycles. The number of anilines is 2. The summed E-state index contributed by atoms with van der Waals surface area (Å²) in [6.07, 6.45) is 0. The highest BCUT2D eigenvalue weighted by molar-refractivity contribution is 7.89. The van der Waals surface area contributed by atoms with E-state index in [2.05, 4.69) is 15.4 Å². The number of sulfonamides is 1. The molecular weight excluding hydrogens is 370 g/mol. The van der Waals surface area contributed by atoms with Gasteiger partial charge >= 0.3 is 0 Å². The summed E-state index contributed by atoms with van der Waals surface area (Å²) in [6.45, 7) is 2.73. The van der Waals surface area contributed by atoms with Gasteiger partial charge in [-0.1, -0.05) is 18.2 Å². The van der Waals surface area contributed by atoms with Gasteiger partial charge in [-0.3, -0.25) is 9.59 Å². The fourth-order valence-electron chi connectivity index (χ4n) is 2.30. The normalized spacial score (nSPS) is 10.9. The van der Waals surface area contributed by atoms with Crippen molar-refractivity contribution in [2.75, 3.05) is 24.3 Å². The van der Waals surface area contributed by atoms with Crippen LogP contribution < -0.4 is 20.1 Å². The lowest BCUT2D eigenvalue weighted by Gasteiger charge is -2.13. The Morgan fingerprint density at radius 1 is 1.07 bits per heavy atom. The van der Waals surface area contributed by atoms with Crippen LogP contribution in [0.5, 0.6) is 5.75 Å². The Kier molecular flexibility index (Phi) is 6.54. The second kappa shape index (κ2) is 8.65. The number of amides is 2. The van der Waals surface area contributed by atoms with Crippen LogP contribution in [0.1, 0.15) is 12.5 Å². The van der Waals surface area contributed by atoms with Gasteiger partial charge in [0.1, 0.15) is 5.75 Å². The van der Waals surface area contributed by atoms with E-state index in [1.807, 2.05) is 0 Å². The second-order valence-corrected chi connectivity index (χ2v) is 7.56. The van der Waals surface area contributed by atoms with Crippen molar-refractivity contribution in [1.29, 1.82) is 0 Å². The van der Waals surface area contributed by atoms with E-state index in [4.69, 9.17) is 4.74 Å². The summed E-state index contributed by atoms with van der Waals surface area (Å²) in [5.41, 5.74) is 1.34.